The van der Waals surface area contributed by atoms with Gasteiger partial charge in [-0.2, -0.15) is 4.80 Å². The summed E-state index contributed by atoms with van der Waals surface area (Å²) in [4.78, 5) is 14.1. The number of aromatic nitrogens is 4. The van der Waals surface area contributed by atoms with E-state index in [0.29, 0.717) is 18.9 Å². The average molecular weight is 275 g/mol. The molecule has 7 heteroatoms. The molecule has 1 aromatic carbocycles. The zero-order valence-corrected chi connectivity index (χ0v) is 11.5. The summed E-state index contributed by atoms with van der Waals surface area (Å²) in [5.41, 5.74) is 2.11. The predicted octanol–water partition coefficient (Wildman–Crippen LogP) is 1.000. The molecule has 2 aromatic rings. The average Bonchev–Trinajstić information content (AvgIpc) is 2.81. The molecule has 0 aliphatic carbocycles. The molecule has 0 amide bonds. The number of carboxylic acids is 1. The SMILES string of the molecule is Cc1ccc(N(CCC(=O)O)Cc2nnn(C)n2)cc1. The Kier molecular flexibility index (Phi) is 4.29. The summed E-state index contributed by atoms with van der Waals surface area (Å²) in [6.07, 6.45) is 0.0636. The molecule has 0 spiro atoms. The van der Waals surface area contributed by atoms with Gasteiger partial charge in [-0.25, -0.2) is 0 Å². The van der Waals surface area contributed by atoms with Crippen molar-refractivity contribution in [3.63, 3.8) is 0 Å². The van der Waals surface area contributed by atoms with Crippen LogP contribution in [0.5, 0.6) is 0 Å². The van der Waals surface area contributed by atoms with Crippen molar-refractivity contribution in [2.24, 2.45) is 7.05 Å². The third kappa shape index (κ3) is 3.78. The van der Waals surface area contributed by atoms with Gasteiger partial charge in [-0.1, -0.05) is 17.7 Å². The van der Waals surface area contributed by atoms with Crippen LogP contribution in [0.15, 0.2) is 24.3 Å². The molecule has 0 atom stereocenters. The largest absolute Gasteiger partial charge is 0.481 e. The van der Waals surface area contributed by atoms with Crippen molar-refractivity contribution >= 4 is 11.7 Å². The first kappa shape index (κ1) is 14.0. The Morgan fingerprint density at radius 1 is 1.35 bits per heavy atom. The van der Waals surface area contributed by atoms with E-state index in [-0.39, 0.29) is 6.42 Å². The molecular weight excluding hydrogens is 258 g/mol. The van der Waals surface area contributed by atoms with Crippen LogP contribution in [0.1, 0.15) is 17.8 Å². The number of carbonyl (C=O) groups is 1. The molecule has 106 valence electrons. The number of rotatable bonds is 6. The highest BCUT2D eigenvalue weighted by atomic mass is 16.4. The summed E-state index contributed by atoms with van der Waals surface area (Å²) in [7, 11) is 1.70. The summed E-state index contributed by atoms with van der Waals surface area (Å²) >= 11 is 0. The molecular formula is C13H17N5O2. The first-order valence-corrected chi connectivity index (χ1v) is 6.31. The van der Waals surface area contributed by atoms with E-state index in [2.05, 4.69) is 15.4 Å². The standard InChI is InChI=1S/C13H17N5O2/c1-10-3-5-11(6-4-10)18(8-7-13(19)20)9-12-14-16-17(2)15-12/h3-6H,7-9H2,1-2H3,(H,19,20). The Morgan fingerprint density at radius 3 is 2.60 bits per heavy atom. The molecule has 0 aliphatic rings. The van der Waals surface area contributed by atoms with Gasteiger partial charge in [0.25, 0.3) is 0 Å². The van der Waals surface area contributed by atoms with Gasteiger partial charge >= 0.3 is 5.97 Å². The lowest BCUT2D eigenvalue weighted by Crippen LogP contribution is -2.26. The minimum atomic E-state index is -0.825. The summed E-state index contributed by atoms with van der Waals surface area (Å²) in [6.45, 7) is 2.84. The maximum atomic E-state index is 10.8. The van der Waals surface area contributed by atoms with Crippen LogP contribution in [-0.4, -0.2) is 37.8 Å². The molecule has 0 aliphatic heterocycles. The zero-order chi connectivity index (χ0) is 14.5. The summed E-state index contributed by atoms with van der Waals surface area (Å²) in [6, 6.07) is 7.92. The first-order valence-electron chi connectivity index (χ1n) is 6.31. The summed E-state index contributed by atoms with van der Waals surface area (Å²) in [5, 5.41) is 20.7. The van der Waals surface area contributed by atoms with Gasteiger partial charge in [-0.3, -0.25) is 4.79 Å². The molecule has 0 radical (unpaired) electrons. The van der Waals surface area contributed by atoms with E-state index < -0.39 is 5.97 Å². The number of benzene rings is 1. The number of tetrazole rings is 1. The molecule has 2 rings (SSSR count). The number of nitrogens with zero attached hydrogens (tertiary/aromatic N) is 5. The van der Waals surface area contributed by atoms with Gasteiger partial charge in [0.15, 0.2) is 5.82 Å². The number of carboxylic acid groups (broad SMARTS) is 1. The fourth-order valence-corrected chi connectivity index (χ4v) is 1.84. The van der Waals surface area contributed by atoms with Crippen LogP contribution in [-0.2, 0) is 18.4 Å². The molecule has 1 aromatic heterocycles. The molecule has 1 N–H and O–H groups in total. The smallest absolute Gasteiger partial charge is 0.305 e. The number of hydrogen-bond donors (Lipinski definition) is 1. The normalized spacial score (nSPS) is 10.5. The Labute approximate surface area is 116 Å². The Balaban J connectivity index is 2.15. The van der Waals surface area contributed by atoms with Gasteiger partial charge in [0.2, 0.25) is 0 Å². The van der Waals surface area contributed by atoms with Gasteiger partial charge in [-0.05, 0) is 24.3 Å². The van der Waals surface area contributed by atoms with E-state index >= 15 is 0 Å². The lowest BCUT2D eigenvalue weighted by molar-refractivity contribution is -0.136. The van der Waals surface area contributed by atoms with Crippen LogP contribution in [0.2, 0.25) is 0 Å². The van der Waals surface area contributed by atoms with Gasteiger partial charge < -0.3 is 10.0 Å². The molecule has 7 nitrogen and oxygen atoms in total. The Bertz CT molecular complexity index is 579. The second-order valence-corrected chi connectivity index (χ2v) is 4.60. The summed E-state index contributed by atoms with van der Waals surface area (Å²) in [5.74, 6) is -0.257. The predicted molar refractivity (Wildman–Crippen MR) is 73.3 cm³/mol. The van der Waals surface area contributed by atoms with Crippen molar-refractivity contribution in [2.75, 3.05) is 11.4 Å². The Morgan fingerprint density at radius 2 is 2.05 bits per heavy atom. The van der Waals surface area contributed by atoms with E-state index in [4.69, 9.17) is 5.11 Å². The minimum Gasteiger partial charge on any atom is -0.481 e. The lowest BCUT2D eigenvalue weighted by Gasteiger charge is -2.22. The molecule has 0 fully saturated rings. The molecule has 0 saturated carbocycles. The highest BCUT2D eigenvalue weighted by molar-refractivity contribution is 5.67. The fraction of sp³-hybridized carbons (Fsp3) is 0.385. The van der Waals surface area contributed by atoms with E-state index in [9.17, 15) is 4.79 Å². The van der Waals surface area contributed by atoms with Crippen molar-refractivity contribution in [1.82, 2.24) is 20.2 Å². The van der Waals surface area contributed by atoms with Crippen LogP contribution < -0.4 is 4.90 Å². The third-order valence-electron chi connectivity index (χ3n) is 2.88. The number of aryl methyl sites for hydroxylation is 2. The minimum absolute atomic E-state index is 0.0636. The summed E-state index contributed by atoms with van der Waals surface area (Å²) < 4.78 is 0. The monoisotopic (exact) mass is 275 g/mol. The van der Waals surface area contributed by atoms with Gasteiger partial charge in [0, 0.05) is 12.2 Å². The number of anilines is 1. The van der Waals surface area contributed by atoms with Gasteiger partial charge in [0.1, 0.15) is 0 Å². The van der Waals surface area contributed by atoms with Crippen LogP contribution in [0.4, 0.5) is 5.69 Å². The fourth-order valence-electron chi connectivity index (χ4n) is 1.84. The van der Waals surface area contributed by atoms with Crippen LogP contribution >= 0.6 is 0 Å². The third-order valence-corrected chi connectivity index (χ3v) is 2.88. The quantitative estimate of drug-likeness (QED) is 0.846. The van der Waals surface area contributed by atoms with Crippen molar-refractivity contribution in [1.29, 1.82) is 0 Å². The van der Waals surface area contributed by atoms with Crippen molar-refractivity contribution in [3.05, 3.63) is 35.7 Å². The number of aliphatic carboxylic acids is 1. The second-order valence-electron chi connectivity index (χ2n) is 4.60. The maximum Gasteiger partial charge on any atom is 0.305 e. The second kappa shape index (κ2) is 6.14. The first-order chi connectivity index (χ1) is 9.54. The van der Waals surface area contributed by atoms with Crippen molar-refractivity contribution in [3.8, 4) is 0 Å². The highest BCUT2D eigenvalue weighted by Gasteiger charge is 2.12. The molecule has 0 bridgehead atoms. The van der Waals surface area contributed by atoms with E-state index in [1.165, 1.54) is 4.80 Å². The van der Waals surface area contributed by atoms with E-state index in [1.54, 1.807) is 7.05 Å². The molecule has 20 heavy (non-hydrogen) atoms. The zero-order valence-electron chi connectivity index (χ0n) is 11.5. The Hall–Kier alpha value is -2.44. The van der Waals surface area contributed by atoms with E-state index in [0.717, 1.165) is 11.3 Å². The van der Waals surface area contributed by atoms with Crippen molar-refractivity contribution < 1.29 is 9.90 Å². The van der Waals surface area contributed by atoms with Crippen LogP contribution in [0.3, 0.4) is 0 Å². The van der Waals surface area contributed by atoms with Gasteiger partial charge in [0.05, 0.1) is 20.0 Å². The molecule has 0 unspecified atom stereocenters. The van der Waals surface area contributed by atoms with E-state index in [1.807, 2.05) is 36.1 Å². The lowest BCUT2D eigenvalue weighted by atomic mass is 10.2. The van der Waals surface area contributed by atoms with Crippen molar-refractivity contribution in [2.45, 2.75) is 19.9 Å². The molecule has 0 saturated heterocycles. The van der Waals surface area contributed by atoms with Crippen LogP contribution in [0.25, 0.3) is 0 Å². The van der Waals surface area contributed by atoms with Gasteiger partial charge in [-0.15, -0.1) is 10.2 Å². The maximum absolute atomic E-state index is 10.8. The highest BCUT2D eigenvalue weighted by Crippen LogP contribution is 2.17. The van der Waals surface area contributed by atoms with Crippen LogP contribution in [0, 0.1) is 6.92 Å². The molecule has 1 heterocycles. The topological polar surface area (TPSA) is 84.1 Å². The number of hydrogen-bond acceptors (Lipinski definition) is 5.